The van der Waals surface area contributed by atoms with Crippen LogP contribution in [0.2, 0.25) is 0 Å². The van der Waals surface area contributed by atoms with Gasteiger partial charge in [0.05, 0.1) is 5.52 Å². The van der Waals surface area contributed by atoms with Crippen LogP contribution < -0.4 is 4.90 Å². The van der Waals surface area contributed by atoms with Crippen LogP contribution in [0.3, 0.4) is 0 Å². The minimum Gasteiger partial charge on any atom is -0.464 e. The van der Waals surface area contributed by atoms with Crippen LogP contribution in [-0.2, 0) is 4.74 Å². The van der Waals surface area contributed by atoms with Crippen LogP contribution in [0.15, 0.2) is 24.4 Å². The average Bonchev–Trinajstić information content (AvgIpc) is 3.17. The molecule has 0 unspecified atom stereocenters. The third-order valence-corrected chi connectivity index (χ3v) is 5.49. The summed E-state index contributed by atoms with van der Waals surface area (Å²) in [5.74, 6) is 0. The molecule has 3 aromatic rings. The fourth-order valence-electron chi connectivity index (χ4n) is 2.36. The van der Waals surface area contributed by atoms with E-state index in [1.165, 1.54) is 20.8 Å². The molecule has 2 heterocycles. The minimum absolute atomic E-state index is 0.414. The van der Waals surface area contributed by atoms with Crippen LogP contribution in [0.25, 0.3) is 21.5 Å². The van der Waals surface area contributed by atoms with E-state index in [2.05, 4.69) is 32.8 Å². The van der Waals surface area contributed by atoms with E-state index in [9.17, 15) is 14.7 Å². The highest BCUT2D eigenvalue weighted by Crippen LogP contribution is 2.32. The first kappa shape index (κ1) is 19.5. The van der Waals surface area contributed by atoms with Gasteiger partial charge in [-0.2, -0.15) is 0 Å². The number of amides is 1. The quantitative estimate of drug-likeness (QED) is 0.514. The highest BCUT2D eigenvalue weighted by Gasteiger charge is 2.23. The molecular formula is C17H17IN4O4S. The molecule has 27 heavy (non-hydrogen) atoms. The second-order valence-electron chi connectivity index (χ2n) is 6.79. The highest BCUT2D eigenvalue weighted by atomic mass is 127. The summed E-state index contributed by atoms with van der Waals surface area (Å²) in [5, 5.41) is 19.4. The van der Waals surface area contributed by atoms with Gasteiger partial charge in [-0.15, -0.1) is 10.2 Å². The van der Waals surface area contributed by atoms with Crippen molar-refractivity contribution >= 4 is 62.1 Å². The second kappa shape index (κ2) is 7.08. The van der Waals surface area contributed by atoms with Crippen molar-refractivity contribution in [1.29, 1.82) is 0 Å². The topological polar surface area (TPSA) is 97.6 Å². The maximum atomic E-state index is 12.2. The number of hydrogen-bond donors (Lipinski definition) is 1. The second-order valence-corrected chi connectivity index (χ2v) is 8.91. The molecule has 0 atom stereocenters. The predicted octanol–water partition coefficient (Wildman–Crippen LogP) is 4.66. The molecule has 1 aromatic carbocycles. The van der Waals surface area contributed by atoms with Crippen molar-refractivity contribution in [3.63, 3.8) is 0 Å². The number of aromatic nitrogens is 3. The summed E-state index contributed by atoms with van der Waals surface area (Å²) in [6, 6.07) is 5.39. The molecule has 10 heteroatoms. The van der Waals surface area contributed by atoms with Crippen LogP contribution in [0.5, 0.6) is 0 Å². The van der Waals surface area contributed by atoms with E-state index in [1.807, 2.05) is 6.07 Å². The number of nitrogens with zero attached hydrogens (tertiary/aromatic N) is 4. The number of hydrogen-bond acceptors (Lipinski definition) is 6. The first-order chi connectivity index (χ1) is 12.6. The van der Waals surface area contributed by atoms with Crippen molar-refractivity contribution in [2.24, 2.45) is 0 Å². The van der Waals surface area contributed by atoms with Gasteiger partial charge in [0.25, 0.3) is 0 Å². The standard InChI is InChI=1S/C17H17IN4O4S/c1-17(2,3)26-16(25)21(4)14-20-19-13(27-14)9-5-6-12-10(7-9)11(18)8-22(12)15(23)24/h5-8H,1-4H3,(H,23,24). The Bertz CT molecular complexity index is 1040. The Kier molecular flexibility index (Phi) is 5.12. The third-order valence-electron chi connectivity index (χ3n) is 3.58. The fourth-order valence-corrected chi connectivity index (χ4v) is 3.86. The largest absolute Gasteiger partial charge is 0.464 e. The van der Waals surface area contributed by atoms with Gasteiger partial charge >= 0.3 is 12.2 Å². The minimum atomic E-state index is -1.03. The third kappa shape index (κ3) is 4.05. The van der Waals surface area contributed by atoms with Crippen molar-refractivity contribution in [2.45, 2.75) is 26.4 Å². The summed E-state index contributed by atoms with van der Waals surface area (Å²) in [5.41, 5.74) is 0.800. The van der Waals surface area contributed by atoms with E-state index in [-0.39, 0.29) is 0 Å². The maximum absolute atomic E-state index is 12.2. The number of ether oxygens (including phenoxy) is 1. The van der Waals surface area contributed by atoms with Crippen molar-refractivity contribution in [3.8, 4) is 10.6 Å². The molecule has 0 saturated heterocycles. The molecule has 1 N–H and O–H groups in total. The number of halogens is 1. The van der Waals surface area contributed by atoms with Crippen LogP contribution in [0, 0.1) is 3.57 Å². The van der Waals surface area contributed by atoms with Crippen LogP contribution in [0.1, 0.15) is 20.8 Å². The lowest BCUT2D eigenvalue weighted by Crippen LogP contribution is -2.34. The van der Waals surface area contributed by atoms with E-state index >= 15 is 0 Å². The smallest absolute Gasteiger partial charge is 0.416 e. The average molecular weight is 500 g/mol. The zero-order valence-electron chi connectivity index (χ0n) is 15.1. The van der Waals surface area contributed by atoms with Crippen LogP contribution in [0.4, 0.5) is 14.7 Å². The lowest BCUT2D eigenvalue weighted by molar-refractivity contribution is 0.0589. The van der Waals surface area contributed by atoms with Crippen molar-refractivity contribution < 1.29 is 19.4 Å². The summed E-state index contributed by atoms with van der Waals surface area (Å²) in [4.78, 5) is 24.8. The SMILES string of the molecule is CN(C(=O)OC(C)(C)C)c1nnc(-c2ccc3c(c2)c(I)cn3C(=O)O)s1. The van der Waals surface area contributed by atoms with Gasteiger partial charge in [-0.05, 0) is 61.6 Å². The van der Waals surface area contributed by atoms with E-state index in [0.717, 1.165) is 14.5 Å². The zero-order valence-corrected chi connectivity index (χ0v) is 18.0. The molecule has 0 spiro atoms. The molecule has 8 nitrogen and oxygen atoms in total. The van der Waals surface area contributed by atoms with Crippen molar-refractivity contribution in [3.05, 3.63) is 28.0 Å². The summed E-state index contributed by atoms with van der Waals surface area (Å²) < 4.78 is 7.34. The van der Waals surface area contributed by atoms with Gasteiger partial charge in [0.1, 0.15) is 10.6 Å². The number of carbonyl (C=O) groups is 2. The van der Waals surface area contributed by atoms with E-state index < -0.39 is 17.8 Å². The van der Waals surface area contributed by atoms with Gasteiger partial charge in [0.2, 0.25) is 5.13 Å². The maximum Gasteiger partial charge on any atom is 0.416 e. The number of carbonyl (C=O) groups excluding carboxylic acids is 1. The molecule has 0 aliphatic heterocycles. The molecule has 0 bridgehead atoms. The molecule has 142 valence electrons. The Labute approximate surface area is 172 Å². The summed E-state index contributed by atoms with van der Waals surface area (Å²) in [6.45, 7) is 5.39. The first-order valence-corrected chi connectivity index (χ1v) is 9.81. The number of rotatable bonds is 2. The lowest BCUT2D eigenvalue weighted by atomic mass is 10.2. The van der Waals surface area contributed by atoms with E-state index in [1.54, 1.807) is 46.1 Å². The molecule has 0 radical (unpaired) electrons. The van der Waals surface area contributed by atoms with Crippen molar-refractivity contribution in [1.82, 2.24) is 14.8 Å². The highest BCUT2D eigenvalue weighted by molar-refractivity contribution is 14.1. The molecule has 0 fully saturated rings. The van der Waals surface area contributed by atoms with Gasteiger partial charge in [-0.3, -0.25) is 9.47 Å². The van der Waals surface area contributed by atoms with Gasteiger partial charge in [-0.1, -0.05) is 11.3 Å². The Morgan fingerprint density at radius 2 is 2.00 bits per heavy atom. The molecule has 0 saturated carbocycles. The Morgan fingerprint density at radius 3 is 2.63 bits per heavy atom. The molecule has 2 aromatic heterocycles. The lowest BCUT2D eigenvalue weighted by Gasteiger charge is -2.22. The van der Waals surface area contributed by atoms with Crippen LogP contribution >= 0.6 is 33.9 Å². The molecule has 1 amide bonds. The number of benzene rings is 1. The van der Waals surface area contributed by atoms with E-state index in [0.29, 0.717) is 15.7 Å². The monoisotopic (exact) mass is 500 g/mol. The van der Waals surface area contributed by atoms with Gasteiger partial charge in [0, 0.05) is 27.8 Å². The molecular weight excluding hydrogens is 483 g/mol. The number of carboxylic acid groups (broad SMARTS) is 1. The normalized spacial score (nSPS) is 11.6. The summed E-state index contributed by atoms with van der Waals surface area (Å²) in [7, 11) is 1.58. The molecule has 0 aliphatic carbocycles. The molecule has 0 aliphatic rings. The number of fused-ring (bicyclic) bond motifs is 1. The number of anilines is 1. The summed E-state index contributed by atoms with van der Waals surface area (Å²) in [6.07, 6.45) is 0.0284. The van der Waals surface area contributed by atoms with Crippen molar-refractivity contribution in [2.75, 3.05) is 11.9 Å². The van der Waals surface area contributed by atoms with Gasteiger partial charge in [0.15, 0.2) is 0 Å². The van der Waals surface area contributed by atoms with Gasteiger partial charge in [-0.25, -0.2) is 9.59 Å². The van der Waals surface area contributed by atoms with Crippen LogP contribution in [-0.4, -0.2) is 44.7 Å². The fraction of sp³-hybridized carbons (Fsp3) is 0.294. The zero-order chi connectivity index (χ0) is 19.9. The predicted molar refractivity (Wildman–Crippen MR) is 112 cm³/mol. The van der Waals surface area contributed by atoms with E-state index in [4.69, 9.17) is 4.74 Å². The Hall–Kier alpha value is -2.21. The summed E-state index contributed by atoms with van der Waals surface area (Å²) >= 11 is 3.35. The first-order valence-electron chi connectivity index (χ1n) is 7.91. The Balaban J connectivity index is 1.91. The Morgan fingerprint density at radius 1 is 1.30 bits per heavy atom. The molecule has 3 rings (SSSR count). The van der Waals surface area contributed by atoms with Gasteiger partial charge < -0.3 is 9.84 Å².